The van der Waals surface area contributed by atoms with Crippen molar-refractivity contribution in [3.05, 3.63) is 28.5 Å². The smallest absolute Gasteiger partial charge is 0.174 e. The summed E-state index contributed by atoms with van der Waals surface area (Å²) >= 11 is 3.22. The molecule has 5 heteroatoms. The van der Waals surface area contributed by atoms with Crippen LogP contribution >= 0.6 is 15.9 Å². The predicted octanol–water partition coefficient (Wildman–Crippen LogP) is 2.64. The molecule has 0 unspecified atom stereocenters. The standard InChI is InChI=1S/C11H15BrFNO2/c1-14(7-11(15-2)16-3)10-5-4-8(12)6-9(10)13/h4-6,11H,7H2,1-3H3. The number of rotatable bonds is 5. The van der Waals surface area contributed by atoms with Gasteiger partial charge in [-0.1, -0.05) is 15.9 Å². The van der Waals surface area contributed by atoms with E-state index in [2.05, 4.69) is 15.9 Å². The average molecular weight is 292 g/mol. The molecule has 0 atom stereocenters. The van der Waals surface area contributed by atoms with Crippen LogP contribution in [-0.2, 0) is 9.47 Å². The van der Waals surface area contributed by atoms with Crippen molar-refractivity contribution in [3.63, 3.8) is 0 Å². The topological polar surface area (TPSA) is 21.7 Å². The van der Waals surface area contributed by atoms with Gasteiger partial charge in [0.1, 0.15) is 5.82 Å². The van der Waals surface area contributed by atoms with Gasteiger partial charge in [0, 0.05) is 25.7 Å². The minimum absolute atomic E-state index is 0.275. The highest BCUT2D eigenvalue weighted by atomic mass is 79.9. The molecule has 1 aromatic carbocycles. The first-order chi connectivity index (χ1) is 7.58. The van der Waals surface area contributed by atoms with E-state index in [0.717, 1.165) is 4.47 Å². The summed E-state index contributed by atoms with van der Waals surface area (Å²) in [6.45, 7) is 0.464. The van der Waals surface area contributed by atoms with Gasteiger partial charge in [0.2, 0.25) is 0 Å². The van der Waals surface area contributed by atoms with Gasteiger partial charge in [-0.25, -0.2) is 4.39 Å². The lowest BCUT2D eigenvalue weighted by molar-refractivity contribution is -0.0944. The van der Waals surface area contributed by atoms with Crippen LogP contribution in [0.1, 0.15) is 0 Å². The molecular weight excluding hydrogens is 277 g/mol. The second-order valence-electron chi connectivity index (χ2n) is 3.38. The lowest BCUT2D eigenvalue weighted by Gasteiger charge is -2.24. The minimum Gasteiger partial charge on any atom is -0.367 e. The zero-order valence-electron chi connectivity index (χ0n) is 9.54. The van der Waals surface area contributed by atoms with Crippen molar-refractivity contribution in [1.82, 2.24) is 0 Å². The van der Waals surface area contributed by atoms with Crippen molar-refractivity contribution in [1.29, 1.82) is 0 Å². The molecule has 0 spiro atoms. The van der Waals surface area contributed by atoms with E-state index in [-0.39, 0.29) is 12.1 Å². The molecule has 3 nitrogen and oxygen atoms in total. The normalized spacial score (nSPS) is 10.9. The first kappa shape index (κ1) is 13.4. The SMILES string of the molecule is COC(CN(C)c1ccc(Br)cc1F)OC. The maximum absolute atomic E-state index is 13.6. The van der Waals surface area contributed by atoms with Gasteiger partial charge < -0.3 is 14.4 Å². The molecule has 0 saturated heterocycles. The summed E-state index contributed by atoms with van der Waals surface area (Å²) in [6, 6.07) is 4.94. The molecule has 0 aliphatic carbocycles. The van der Waals surface area contributed by atoms with Crippen molar-refractivity contribution in [2.24, 2.45) is 0 Å². The molecule has 16 heavy (non-hydrogen) atoms. The Labute approximate surface area is 103 Å². The third kappa shape index (κ3) is 3.43. The molecule has 0 aliphatic heterocycles. The number of hydrogen-bond donors (Lipinski definition) is 0. The van der Waals surface area contributed by atoms with E-state index in [4.69, 9.17) is 9.47 Å². The summed E-state index contributed by atoms with van der Waals surface area (Å²) in [6.07, 6.45) is -0.368. The lowest BCUT2D eigenvalue weighted by atomic mass is 10.3. The summed E-state index contributed by atoms with van der Waals surface area (Å²) < 4.78 is 24.4. The van der Waals surface area contributed by atoms with Gasteiger partial charge in [-0.3, -0.25) is 0 Å². The van der Waals surface area contributed by atoms with E-state index in [9.17, 15) is 4.39 Å². The molecule has 0 aliphatic rings. The Morgan fingerprint density at radius 2 is 2.00 bits per heavy atom. The van der Waals surface area contributed by atoms with Crippen LogP contribution in [0.15, 0.2) is 22.7 Å². The Hall–Kier alpha value is -0.650. The lowest BCUT2D eigenvalue weighted by Crippen LogP contribution is -2.32. The largest absolute Gasteiger partial charge is 0.367 e. The number of anilines is 1. The van der Waals surface area contributed by atoms with Crippen LogP contribution in [0.3, 0.4) is 0 Å². The summed E-state index contributed by atoms with van der Waals surface area (Å²) in [5.41, 5.74) is 0.516. The Morgan fingerprint density at radius 3 is 2.50 bits per heavy atom. The molecular formula is C11H15BrFNO2. The molecule has 90 valence electrons. The maximum atomic E-state index is 13.6. The fourth-order valence-electron chi connectivity index (χ4n) is 1.36. The van der Waals surface area contributed by atoms with E-state index < -0.39 is 0 Å². The molecule has 0 radical (unpaired) electrons. The molecule has 0 saturated carbocycles. The second kappa shape index (κ2) is 6.18. The number of hydrogen-bond acceptors (Lipinski definition) is 3. The van der Waals surface area contributed by atoms with E-state index in [1.165, 1.54) is 6.07 Å². The molecule has 0 aromatic heterocycles. The third-order valence-corrected chi connectivity index (χ3v) is 2.76. The van der Waals surface area contributed by atoms with Crippen molar-refractivity contribution in [2.75, 3.05) is 32.7 Å². The first-order valence-corrected chi connectivity index (χ1v) is 5.59. The van der Waals surface area contributed by atoms with Crippen molar-refractivity contribution >= 4 is 21.6 Å². The highest BCUT2D eigenvalue weighted by Gasteiger charge is 2.13. The highest BCUT2D eigenvalue weighted by molar-refractivity contribution is 9.10. The second-order valence-corrected chi connectivity index (χ2v) is 4.29. The van der Waals surface area contributed by atoms with Crippen LogP contribution in [0.2, 0.25) is 0 Å². The molecule has 1 aromatic rings. The van der Waals surface area contributed by atoms with Gasteiger partial charge >= 0.3 is 0 Å². The molecule has 0 fully saturated rings. The molecule has 0 N–H and O–H groups in total. The van der Waals surface area contributed by atoms with E-state index in [1.807, 2.05) is 0 Å². The zero-order chi connectivity index (χ0) is 12.1. The fourth-order valence-corrected chi connectivity index (χ4v) is 1.69. The van der Waals surface area contributed by atoms with Gasteiger partial charge in [-0.05, 0) is 18.2 Å². The Bertz CT molecular complexity index is 345. The van der Waals surface area contributed by atoms with E-state index >= 15 is 0 Å². The summed E-state index contributed by atoms with van der Waals surface area (Å²) in [4.78, 5) is 1.75. The van der Waals surface area contributed by atoms with Crippen molar-refractivity contribution < 1.29 is 13.9 Å². The summed E-state index contributed by atoms with van der Waals surface area (Å²) in [5, 5.41) is 0. The van der Waals surface area contributed by atoms with E-state index in [0.29, 0.717) is 12.2 Å². The first-order valence-electron chi connectivity index (χ1n) is 4.80. The summed E-state index contributed by atoms with van der Waals surface area (Å²) in [5.74, 6) is -0.275. The Balaban J connectivity index is 2.76. The number of halogens is 2. The fraction of sp³-hybridized carbons (Fsp3) is 0.455. The average Bonchev–Trinajstić information content (AvgIpc) is 2.25. The zero-order valence-corrected chi connectivity index (χ0v) is 11.1. The Morgan fingerprint density at radius 1 is 1.38 bits per heavy atom. The number of ether oxygens (including phenoxy) is 2. The Kier molecular flexibility index (Phi) is 5.18. The quantitative estimate of drug-likeness (QED) is 0.779. The summed E-state index contributed by atoms with van der Waals surface area (Å²) in [7, 11) is 4.90. The third-order valence-electron chi connectivity index (χ3n) is 2.27. The van der Waals surface area contributed by atoms with Crippen LogP contribution < -0.4 is 4.90 Å². The van der Waals surface area contributed by atoms with Crippen LogP contribution in [0, 0.1) is 5.82 Å². The molecule has 1 rings (SSSR count). The molecule has 0 bridgehead atoms. The van der Waals surface area contributed by atoms with Crippen LogP contribution in [0.5, 0.6) is 0 Å². The van der Waals surface area contributed by atoms with Crippen LogP contribution in [0.25, 0.3) is 0 Å². The maximum Gasteiger partial charge on any atom is 0.174 e. The van der Waals surface area contributed by atoms with Crippen LogP contribution in [0.4, 0.5) is 10.1 Å². The monoisotopic (exact) mass is 291 g/mol. The van der Waals surface area contributed by atoms with E-state index in [1.54, 1.807) is 38.3 Å². The van der Waals surface area contributed by atoms with Gasteiger partial charge in [-0.15, -0.1) is 0 Å². The molecule has 0 heterocycles. The van der Waals surface area contributed by atoms with Gasteiger partial charge in [0.25, 0.3) is 0 Å². The number of nitrogens with zero attached hydrogens (tertiary/aromatic N) is 1. The van der Waals surface area contributed by atoms with Crippen molar-refractivity contribution in [2.45, 2.75) is 6.29 Å². The van der Waals surface area contributed by atoms with Gasteiger partial charge in [-0.2, -0.15) is 0 Å². The van der Waals surface area contributed by atoms with Crippen LogP contribution in [-0.4, -0.2) is 34.1 Å². The van der Waals surface area contributed by atoms with Gasteiger partial charge in [0.05, 0.1) is 12.2 Å². The highest BCUT2D eigenvalue weighted by Crippen LogP contribution is 2.22. The molecule has 0 amide bonds. The minimum atomic E-state index is -0.368. The number of likely N-dealkylation sites (N-methyl/N-ethyl adjacent to an activating group) is 1. The predicted molar refractivity (Wildman–Crippen MR) is 65.2 cm³/mol. The number of benzene rings is 1. The van der Waals surface area contributed by atoms with Crippen molar-refractivity contribution in [3.8, 4) is 0 Å². The van der Waals surface area contributed by atoms with Gasteiger partial charge in [0.15, 0.2) is 6.29 Å². The number of methoxy groups -OCH3 is 2.